The second-order valence-corrected chi connectivity index (χ2v) is 10.3. The molecule has 13 heteroatoms. The fourth-order valence-corrected chi connectivity index (χ4v) is 4.54. The van der Waals surface area contributed by atoms with Gasteiger partial charge in [0.1, 0.15) is 17.3 Å². The predicted octanol–water partition coefficient (Wildman–Crippen LogP) is 4.97. The molecule has 0 aliphatic rings. The molecule has 1 atom stereocenters. The Balaban J connectivity index is 1.86. The normalized spacial score (nSPS) is 13.6. The second-order valence-electron chi connectivity index (χ2n) is 9.87. The number of ether oxygens (including phenoxy) is 1. The molecule has 216 valence electrons. The third kappa shape index (κ3) is 5.44. The van der Waals surface area contributed by atoms with Crippen LogP contribution in [0.15, 0.2) is 54.7 Å². The summed E-state index contributed by atoms with van der Waals surface area (Å²) in [4.78, 5) is 32.2. The summed E-state index contributed by atoms with van der Waals surface area (Å²) in [7, 11) is 1.22. The van der Waals surface area contributed by atoms with E-state index in [1.165, 1.54) is 45.2 Å². The number of aromatic amines is 1. The van der Waals surface area contributed by atoms with Gasteiger partial charge in [-0.2, -0.15) is 13.2 Å². The molecule has 0 bridgehead atoms. The van der Waals surface area contributed by atoms with Crippen LogP contribution in [0, 0.1) is 5.82 Å². The van der Waals surface area contributed by atoms with Crippen molar-refractivity contribution in [3.05, 3.63) is 82.4 Å². The number of carbonyl (C=O) groups excluding carboxylic acids is 2. The Morgan fingerprint density at radius 3 is 2.37 bits per heavy atom. The molecule has 1 unspecified atom stereocenters. The van der Waals surface area contributed by atoms with Gasteiger partial charge in [-0.1, -0.05) is 11.6 Å². The van der Waals surface area contributed by atoms with Gasteiger partial charge in [-0.15, -0.1) is 0 Å². The number of primary amides is 1. The summed E-state index contributed by atoms with van der Waals surface area (Å²) < 4.78 is 62.8. The van der Waals surface area contributed by atoms with Crippen molar-refractivity contribution in [1.82, 2.24) is 15.3 Å². The zero-order valence-corrected chi connectivity index (χ0v) is 22.7. The Morgan fingerprint density at radius 1 is 1.12 bits per heavy atom. The van der Waals surface area contributed by atoms with Gasteiger partial charge in [0.2, 0.25) is 11.5 Å². The fourth-order valence-electron chi connectivity index (χ4n) is 4.26. The van der Waals surface area contributed by atoms with Gasteiger partial charge in [0, 0.05) is 28.3 Å². The average Bonchev–Trinajstić information content (AvgIpc) is 3.40. The molecular weight excluding hydrogens is 568 g/mol. The molecule has 0 radical (unpaired) electrons. The summed E-state index contributed by atoms with van der Waals surface area (Å²) in [6.45, 7) is 1.37. The van der Waals surface area contributed by atoms with Crippen LogP contribution in [0.5, 0.6) is 5.75 Å². The Hall–Kier alpha value is -4.16. The van der Waals surface area contributed by atoms with E-state index < -0.39 is 47.1 Å². The molecule has 8 nitrogen and oxygen atoms in total. The number of nitrogens with one attached hydrogen (secondary N) is 2. The van der Waals surface area contributed by atoms with Crippen LogP contribution in [0.3, 0.4) is 0 Å². The molecule has 2 heterocycles. The smallest absolute Gasteiger partial charge is 0.424 e. The minimum Gasteiger partial charge on any atom is -0.494 e. The van der Waals surface area contributed by atoms with Crippen LogP contribution in [0.1, 0.15) is 35.5 Å². The number of H-pyrrole nitrogens is 1. The number of alkyl halides is 3. The average molecular weight is 593 g/mol. The number of aliphatic hydroxyl groups is 1. The van der Waals surface area contributed by atoms with Gasteiger partial charge in [0.25, 0.3) is 5.91 Å². The summed E-state index contributed by atoms with van der Waals surface area (Å²) in [5.41, 5.74) is -0.429. The lowest BCUT2D eigenvalue weighted by molar-refractivity contribution is -0.265. The van der Waals surface area contributed by atoms with Gasteiger partial charge in [0.15, 0.2) is 0 Å². The van der Waals surface area contributed by atoms with E-state index in [1.54, 1.807) is 12.3 Å². The number of methoxy groups -OCH3 is 1. The first-order valence-electron chi connectivity index (χ1n) is 12.1. The lowest BCUT2D eigenvalue weighted by Crippen LogP contribution is -2.52. The van der Waals surface area contributed by atoms with Gasteiger partial charge in [-0.05, 0) is 62.4 Å². The molecule has 0 saturated carbocycles. The monoisotopic (exact) mass is 592 g/mol. The van der Waals surface area contributed by atoms with Gasteiger partial charge < -0.3 is 25.9 Å². The topological polar surface area (TPSA) is 130 Å². The highest BCUT2D eigenvalue weighted by Gasteiger charge is 2.57. The standard InChI is InChI=1S/C28H25ClF4N4O4/c1-26(2,25(34)39)18-12-20(37-22(23(18)41-3)14-4-6-17(30)7-5-14)27(40,28(31,32)33)13-36-24(38)16-10-15-8-9-35-21(15)19(29)11-16/h4-12,35,40H,13H2,1-3H3,(H2,34,39)(H,36,38). The van der Waals surface area contributed by atoms with E-state index in [0.29, 0.717) is 10.9 Å². The molecule has 5 N–H and O–H groups in total. The number of fused-ring (bicyclic) bond motifs is 1. The van der Waals surface area contributed by atoms with E-state index in [0.717, 1.165) is 18.2 Å². The van der Waals surface area contributed by atoms with Crippen LogP contribution in [0.2, 0.25) is 5.02 Å². The molecule has 0 fully saturated rings. The molecule has 4 aromatic rings. The van der Waals surface area contributed by atoms with Crippen molar-refractivity contribution in [3.8, 4) is 17.0 Å². The number of nitrogens with two attached hydrogens (primary N) is 1. The third-order valence-electron chi connectivity index (χ3n) is 6.86. The summed E-state index contributed by atoms with van der Waals surface area (Å²) in [5.74, 6) is -2.57. The van der Waals surface area contributed by atoms with Crippen molar-refractivity contribution in [1.29, 1.82) is 0 Å². The maximum atomic E-state index is 14.6. The van der Waals surface area contributed by atoms with Crippen molar-refractivity contribution < 1.29 is 37.0 Å². The highest BCUT2D eigenvalue weighted by molar-refractivity contribution is 6.35. The number of pyridine rings is 1. The number of aromatic nitrogens is 2. The van der Waals surface area contributed by atoms with Crippen LogP contribution < -0.4 is 15.8 Å². The van der Waals surface area contributed by atoms with E-state index in [9.17, 15) is 32.3 Å². The zero-order chi connectivity index (χ0) is 30.3. The second kappa shape index (κ2) is 10.7. The van der Waals surface area contributed by atoms with Crippen LogP contribution in [0.4, 0.5) is 17.6 Å². The van der Waals surface area contributed by atoms with Gasteiger partial charge in [0.05, 0.1) is 35.3 Å². The Kier molecular flexibility index (Phi) is 7.76. The van der Waals surface area contributed by atoms with Crippen LogP contribution in [0.25, 0.3) is 22.2 Å². The van der Waals surface area contributed by atoms with Crippen molar-refractivity contribution >= 4 is 34.3 Å². The highest BCUT2D eigenvalue weighted by Crippen LogP contribution is 2.44. The predicted molar refractivity (Wildman–Crippen MR) is 144 cm³/mol. The number of hydrogen-bond donors (Lipinski definition) is 4. The lowest BCUT2D eigenvalue weighted by Gasteiger charge is -2.33. The third-order valence-corrected chi connectivity index (χ3v) is 7.15. The van der Waals surface area contributed by atoms with E-state index in [1.807, 2.05) is 0 Å². The van der Waals surface area contributed by atoms with Gasteiger partial charge >= 0.3 is 6.18 Å². The summed E-state index contributed by atoms with van der Waals surface area (Å²) in [6, 6.07) is 9.80. The number of halogens is 5. The molecule has 4 rings (SSSR count). The first-order chi connectivity index (χ1) is 19.1. The zero-order valence-electron chi connectivity index (χ0n) is 22.0. The van der Waals surface area contributed by atoms with Crippen LogP contribution in [-0.2, 0) is 15.8 Å². The maximum Gasteiger partial charge on any atom is 0.424 e. The Bertz CT molecular complexity index is 1640. The summed E-state index contributed by atoms with van der Waals surface area (Å²) >= 11 is 6.18. The molecule has 2 amide bonds. The van der Waals surface area contributed by atoms with E-state index in [-0.39, 0.29) is 33.2 Å². The first kappa shape index (κ1) is 29.8. The van der Waals surface area contributed by atoms with Crippen molar-refractivity contribution in [2.75, 3.05) is 13.7 Å². The minimum absolute atomic E-state index is 0.0446. The number of amides is 2. The number of carbonyl (C=O) groups is 2. The largest absolute Gasteiger partial charge is 0.494 e. The summed E-state index contributed by atoms with van der Waals surface area (Å²) in [6.07, 6.45) is -3.78. The number of benzene rings is 2. The van der Waals surface area contributed by atoms with Crippen molar-refractivity contribution in [2.24, 2.45) is 5.73 Å². The van der Waals surface area contributed by atoms with Gasteiger partial charge in [-0.3, -0.25) is 9.59 Å². The molecule has 0 saturated heterocycles. The number of rotatable bonds is 8. The molecule has 0 aliphatic carbocycles. The lowest BCUT2D eigenvalue weighted by atomic mass is 9.81. The first-order valence-corrected chi connectivity index (χ1v) is 12.5. The quantitative estimate of drug-likeness (QED) is 0.215. The van der Waals surface area contributed by atoms with Crippen LogP contribution in [-0.4, -0.2) is 46.7 Å². The Labute approximate surface area is 236 Å². The molecule has 0 aliphatic heterocycles. The van der Waals surface area contributed by atoms with Crippen molar-refractivity contribution in [2.45, 2.75) is 31.0 Å². The maximum absolute atomic E-state index is 14.6. The Morgan fingerprint density at radius 2 is 1.78 bits per heavy atom. The molecular formula is C28H25ClF4N4O4. The highest BCUT2D eigenvalue weighted by atomic mass is 35.5. The minimum atomic E-state index is -5.36. The molecule has 2 aromatic heterocycles. The fraction of sp³-hybridized carbons (Fsp3) is 0.250. The van der Waals surface area contributed by atoms with Gasteiger partial charge in [-0.25, -0.2) is 9.37 Å². The number of hydrogen-bond acceptors (Lipinski definition) is 5. The van der Waals surface area contributed by atoms with E-state index in [2.05, 4.69) is 15.3 Å². The van der Waals surface area contributed by atoms with E-state index >= 15 is 0 Å². The van der Waals surface area contributed by atoms with Crippen LogP contribution >= 0.6 is 11.6 Å². The SMILES string of the molecule is COc1c(C(C)(C)C(N)=O)cc(C(O)(CNC(=O)c2cc(Cl)c3[nH]ccc3c2)C(F)(F)F)nc1-c1ccc(F)cc1. The molecule has 0 spiro atoms. The van der Waals surface area contributed by atoms with Crippen molar-refractivity contribution in [3.63, 3.8) is 0 Å². The number of nitrogens with zero attached hydrogens (tertiary/aromatic N) is 1. The molecule has 41 heavy (non-hydrogen) atoms. The summed E-state index contributed by atoms with van der Waals surface area (Å²) in [5, 5.41) is 14.0. The molecule has 2 aromatic carbocycles. The van der Waals surface area contributed by atoms with E-state index in [4.69, 9.17) is 22.1 Å².